The largest absolute Gasteiger partial charge is 0.313 e. The first-order valence-corrected chi connectivity index (χ1v) is 9.75. The number of nitrogens with one attached hydrogen (secondary N) is 1. The average Bonchev–Trinajstić information content (AvgIpc) is 2.35. The van der Waals surface area contributed by atoms with Crippen LogP contribution in [0, 0.1) is 5.92 Å². The lowest BCUT2D eigenvalue weighted by Gasteiger charge is -2.36. The number of rotatable bonds is 8. The fourth-order valence-electron chi connectivity index (χ4n) is 2.80. The molecule has 4 unspecified atom stereocenters. The summed E-state index contributed by atoms with van der Waals surface area (Å²) in [6, 6.07) is 0.722. The van der Waals surface area contributed by atoms with Gasteiger partial charge < -0.3 is 5.32 Å². The number of hydrogen-bond acceptors (Lipinski definition) is 3. The summed E-state index contributed by atoms with van der Waals surface area (Å²) in [6.07, 6.45) is 5.31. The fraction of sp³-hybridized carbons (Fsp3) is 1.00. The first-order valence-electron chi connectivity index (χ1n) is 7.65. The van der Waals surface area contributed by atoms with Crippen molar-refractivity contribution in [3.05, 3.63) is 0 Å². The molecule has 1 nitrogen and oxygen atoms in total. The summed E-state index contributed by atoms with van der Waals surface area (Å²) >= 11 is 4.37. The quantitative estimate of drug-likeness (QED) is 0.710. The second-order valence-electron chi connectivity index (χ2n) is 5.60. The maximum atomic E-state index is 3.82. The van der Waals surface area contributed by atoms with Crippen molar-refractivity contribution in [2.45, 2.75) is 69.9 Å². The molecule has 0 radical (unpaired) electrons. The van der Waals surface area contributed by atoms with Gasteiger partial charge in [-0.15, -0.1) is 0 Å². The summed E-state index contributed by atoms with van der Waals surface area (Å²) in [5.41, 5.74) is 0. The molecule has 0 spiro atoms. The first kappa shape index (κ1) is 16.7. The molecular weight excluding hydrogens is 258 g/mol. The zero-order chi connectivity index (χ0) is 13.4. The van der Waals surface area contributed by atoms with E-state index in [1.54, 1.807) is 0 Å². The predicted molar refractivity (Wildman–Crippen MR) is 88.9 cm³/mol. The molecule has 0 aromatic rings. The van der Waals surface area contributed by atoms with Crippen LogP contribution in [0.2, 0.25) is 0 Å². The Morgan fingerprint density at radius 1 is 1.17 bits per heavy atom. The fourth-order valence-corrected chi connectivity index (χ4v) is 5.77. The van der Waals surface area contributed by atoms with Crippen LogP contribution in [0.4, 0.5) is 0 Å². The van der Waals surface area contributed by atoms with E-state index in [1.165, 1.54) is 43.7 Å². The van der Waals surface area contributed by atoms with Crippen LogP contribution in [0.25, 0.3) is 0 Å². The van der Waals surface area contributed by atoms with Crippen molar-refractivity contribution >= 4 is 23.5 Å². The van der Waals surface area contributed by atoms with E-state index in [4.69, 9.17) is 0 Å². The first-order chi connectivity index (χ1) is 8.69. The molecule has 1 heterocycles. The van der Waals surface area contributed by atoms with Crippen LogP contribution in [-0.2, 0) is 0 Å². The Kier molecular flexibility index (Phi) is 8.86. The van der Waals surface area contributed by atoms with Crippen LogP contribution in [-0.4, -0.2) is 34.6 Å². The second-order valence-corrected chi connectivity index (χ2v) is 8.37. The smallest absolute Gasteiger partial charge is 0.0317 e. The Labute approximate surface area is 123 Å². The lowest BCUT2D eigenvalue weighted by atomic mass is 9.94. The van der Waals surface area contributed by atoms with Gasteiger partial charge in [0, 0.05) is 28.0 Å². The molecule has 18 heavy (non-hydrogen) atoms. The van der Waals surface area contributed by atoms with Gasteiger partial charge in [0.05, 0.1) is 0 Å². The summed E-state index contributed by atoms with van der Waals surface area (Å²) in [4.78, 5) is 0. The summed E-state index contributed by atoms with van der Waals surface area (Å²) in [6.45, 7) is 10.6. The molecule has 1 aliphatic heterocycles. The van der Waals surface area contributed by atoms with Crippen LogP contribution in [0.3, 0.4) is 0 Å². The van der Waals surface area contributed by atoms with E-state index in [9.17, 15) is 0 Å². The van der Waals surface area contributed by atoms with E-state index in [-0.39, 0.29) is 0 Å². The van der Waals surface area contributed by atoms with Crippen molar-refractivity contribution < 1.29 is 0 Å². The zero-order valence-corrected chi connectivity index (χ0v) is 14.2. The minimum absolute atomic E-state index is 0.722. The number of hydrogen-bond donors (Lipinski definition) is 1. The van der Waals surface area contributed by atoms with Crippen molar-refractivity contribution in [3.8, 4) is 0 Å². The van der Waals surface area contributed by atoms with E-state index in [0.29, 0.717) is 0 Å². The molecule has 0 amide bonds. The Morgan fingerprint density at radius 2 is 1.89 bits per heavy atom. The highest BCUT2D eigenvalue weighted by Crippen LogP contribution is 2.35. The molecule has 0 bridgehead atoms. The zero-order valence-electron chi connectivity index (χ0n) is 12.6. The molecule has 1 rings (SSSR count). The van der Waals surface area contributed by atoms with E-state index in [2.05, 4.69) is 56.5 Å². The predicted octanol–water partition coefficient (Wildman–Crippen LogP) is 4.42. The van der Waals surface area contributed by atoms with Gasteiger partial charge in [0.25, 0.3) is 0 Å². The van der Waals surface area contributed by atoms with Crippen LogP contribution >= 0.6 is 23.5 Å². The average molecular weight is 290 g/mol. The van der Waals surface area contributed by atoms with Gasteiger partial charge in [-0.1, -0.05) is 40.5 Å². The molecule has 4 atom stereocenters. The third-order valence-corrected chi connectivity index (χ3v) is 6.98. The Morgan fingerprint density at radius 3 is 2.50 bits per heavy atom. The number of thioether (sulfide) groups is 2. The molecule has 0 aromatic carbocycles. The highest BCUT2D eigenvalue weighted by atomic mass is 32.2. The molecule has 1 fully saturated rings. The van der Waals surface area contributed by atoms with Crippen molar-refractivity contribution in [1.82, 2.24) is 5.32 Å². The molecule has 0 aliphatic carbocycles. The van der Waals surface area contributed by atoms with Gasteiger partial charge in [0.15, 0.2) is 0 Å². The van der Waals surface area contributed by atoms with Crippen LogP contribution in [0.15, 0.2) is 0 Å². The van der Waals surface area contributed by atoms with Gasteiger partial charge in [0.2, 0.25) is 0 Å². The lowest BCUT2D eigenvalue weighted by molar-refractivity contribution is 0.373. The molecule has 0 saturated carbocycles. The van der Waals surface area contributed by atoms with Gasteiger partial charge in [-0.25, -0.2) is 0 Å². The molecule has 1 aliphatic rings. The Bertz CT molecular complexity index is 211. The van der Waals surface area contributed by atoms with E-state index in [1.807, 2.05) is 0 Å². The van der Waals surface area contributed by atoms with E-state index < -0.39 is 0 Å². The SMILES string of the molecule is CCCNC(CC(C)CCC)C1SCCSC1C. The summed E-state index contributed by atoms with van der Waals surface area (Å²) in [5.74, 6) is 3.54. The Balaban J connectivity index is 2.52. The lowest BCUT2D eigenvalue weighted by Crippen LogP contribution is -2.45. The van der Waals surface area contributed by atoms with Crippen LogP contribution in [0.5, 0.6) is 0 Å². The molecular formula is C15H31NS2. The maximum Gasteiger partial charge on any atom is 0.0317 e. The molecule has 3 heteroatoms. The third kappa shape index (κ3) is 5.75. The topological polar surface area (TPSA) is 12.0 Å². The van der Waals surface area contributed by atoms with Gasteiger partial charge >= 0.3 is 0 Å². The van der Waals surface area contributed by atoms with Gasteiger partial charge in [-0.3, -0.25) is 0 Å². The third-order valence-electron chi connectivity index (χ3n) is 3.73. The normalized spacial score (nSPS) is 28.0. The summed E-state index contributed by atoms with van der Waals surface area (Å²) in [5, 5.41) is 5.45. The molecule has 1 saturated heterocycles. The summed E-state index contributed by atoms with van der Waals surface area (Å²) in [7, 11) is 0. The highest BCUT2D eigenvalue weighted by Gasteiger charge is 2.30. The van der Waals surface area contributed by atoms with Crippen molar-refractivity contribution in [3.63, 3.8) is 0 Å². The molecule has 0 aromatic heterocycles. The van der Waals surface area contributed by atoms with Crippen molar-refractivity contribution in [2.75, 3.05) is 18.1 Å². The minimum atomic E-state index is 0.722. The molecule has 108 valence electrons. The second kappa shape index (κ2) is 9.55. The van der Waals surface area contributed by atoms with Gasteiger partial charge in [-0.05, 0) is 25.3 Å². The van der Waals surface area contributed by atoms with E-state index in [0.717, 1.165) is 22.5 Å². The molecule has 1 N–H and O–H groups in total. The van der Waals surface area contributed by atoms with Gasteiger partial charge in [-0.2, -0.15) is 23.5 Å². The maximum absolute atomic E-state index is 3.82. The van der Waals surface area contributed by atoms with Gasteiger partial charge in [0.1, 0.15) is 0 Å². The Hall–Kier alpha value is 0.660. The van der Waals surface area contributed by atoms with Crippen molar-refractivity contribution in [2.24, 2.45) is 5.92 Å². The van der Waals surface area contributed by atoms with E-state index >= 15 is 0 Å². The van der Waals surface area contributed by atoms with Crippen molar-refractivity contribution in [1.29, 1.82) is 0 Å². The minimum Gasteiger partial charge on any atom is -0.313 e. The van der Waals surface area contributed by atoms with Crippen LogP contribution < -0.4 is 5.32 Å². The monoisotopic (exact) mass is 289 g/mol. The summed E-state index contributed by atoms with van der Waals surface area (Å²) < 4.78 is 0. The highest BCUT2D eigenvalue weighted by molar-refractivity contribution is 8.07. The standard InChI is InChI=1S/C15H31NS2/c1-5-7-12(3)11-14(16-8-6-2)15-13(4)17-9-10-18-15/h12-16H,5-11H2,1-4H3. The van der Waals surface area contributed by atoms with Crippen LogP contribution in [0.1, 0.15) is 53.4 Å².